The summed E-state index contributed by atoms with van der Waals surface area (Å²) in [6, 6.07) is 3.28. The summed E-state index contributed by atoms with van der Waals surface area (Å²) in [5.74, 6) is -0.703. The number of nitrogens with zero attached hydrogens (tertiary/aromatic N) is 1. The molecule has 1 aromatic carbocycles. The lowest BCUT2D eigenvalue weighted by molar-refractivity contribution is 0.243. The third kappa shape index (κ3) is 3.17. The van der Waals surface area contributed by atoms with Crippen LogP contribution < -0.4 is 5.32 Å². The van der Waals surface area contributed by atoms with Gasteiger partial charge in [-0.15, -0.1) is 0 Å². The van der Waals surface area contributed by atoms with Crippen molar-refractivity contribution in [1.29, 1.82) is 0 Å². The predicted octanol–water partition coefficient (Wildman–Crippen LogP) is 1.29. The maximum atomic E-state index is 13.7. The van der Waals surface area contributed by atoms with E-state index in [0.29, 0.717) is 12.0 Å². The normalized spacial score (nSPS) is 17.3. The summed E-state index contributed by atoms with van der Waals surface area (Å²) in [5, 5.41) is 12.7. The van der Waals surface area contributed by atoms with Gasteiger partial charge >= 0.3 is 0 Å². The monoisotopic (exact) mass is 238 g/mol. The molecule has 0 aromatic heterocycles. The first-order chi connectivity index (χ1) is 8.16. The maximum Gasteiger partial charge on any atom is 0.168 e. The van der Waals surface area contributed by atoms with Crippen LogP contribution in [0.5, 0.6) is 5.75 Å². The van der Waals surface area contributed by atoms with Crippen molar-refractivity contribution in [2.24, 2.45) is 0 Å². The first kappa shape index (κ1) is 12.3. The lowest BCUT2D eigenvalue weighted by Crippen LogP contribution is -2.44. The second-order valence-corrected chi connectivity index (χ2v) is 4.60. The number of phenols is 1. The van der Waals surface area contributed by atoms with Gasteiger partial charge in [0.15, 0.2) is 11.6 Å². The highest BCUT2D eigenvalue weighted by Gasteiger charge is 2.12. The molecule has 94 valence electrons. The van der Waals surface area contributed by atoms with Crippen molar-refractivity contribution in [2.45, 2.75) is 13.3 Å². The third-order valence-corrected chi connectivity index (χ3v) is 3.18. The van der Waals surface area contributed by atoms with Gasteiger partial charge in [0.05, 0.1) is 0 Å². The summed E-state index contributed by atoms with van der Waals surface area (Å²) in [4.78, 5) is 2.31. The average Bonchev–Trinajstić information content (AvgIpc) is 2.33. The molecule has 4 heteroatoms. The highest BCUT2D eigenvalue weighted by Crippen LogP contribution is 2.22. The van der Waals surface area contributed by atoms with E-state index in [0.717, 1.165) is 38.3 Å². The van der Waals surface area contributed by atoms with E-state index in [4.69, 9.17) is 0 Å². The molecule has 2 N–H and O–H groups in total. The Balaban J connectivity index is 1.98. The summed E-state index contributed by atoms with van der Waals surface area (Å²) in [6.07, 6.45) is 0.654. The molecule has 1 aliphatic heterocycles. The minimum atomic E-state index is -0.467. The Hall–Kier alpha value is -1.13. The van der Waals surface area contributed by atoms with Crippen molar-refractivity contribution in [3.05, 3.63) is 29.1 Å². The fraction of sp³-hybridized carbons (Fsp3) is 0.538. The van der Waals surface area contributed by atoms with Crippen LogP contribution in [-0.2, 0) is 6.42 Å². The van der Waals surface area contributed by atoms with E-state index in [-0.39, 0.29) is 5.75 Å². The Labute approximate surface area is 101 Å². The van der Waals surface area contributed by atoms with Gasteiger partial charge in [0, 0.05) is 32.7 Å². The quantitative estimate of drug-likeness (QED) is 0.833. The number of piperazine rings is 1. The topological polar surface area (TPSA) is 35.5 Å². The van der Waals surface area contributed by atoms with Crippen LogP contribution in [0, 0.1) is 12.7 Å². The van der Waals surface area contributed by atoms with Crippen LogP contribution in [0.3, 0.4) is 0 Å². The highest BCUT2D eigenvalue weighted by molar-refractivity contribution is 5.35. The number of hydrogen-bond acceptors (Lipinski definition) is 3. The molecular formula is C13H19FN2O. The molecule has 0 saturated carbocycles. The predicted molar refractivity (Wildman–Crippen MR) is 65.8 cm³/mol. The van der Waals surface area contributed by atoms with E-state index in [1.54, 1.807) is 0 Å². The Kier molecular flexibility index (Phi) is 3.97. The summed E-state index contributed by atoms with van der Waals surface area (Å²) >= 11 is 0. The molecule has 0 bridgehead atoms. The molecule has 1 fully saturated rings. The van der Waals surface area contributed by atoms with E-state index in [2.05, 4.69) is 10.2 Å². The number of phenolic OH excluding ortho intramolecular Hbond substituents is 1. The van der Waals surface area contributed by atoms with Gasteiger partial charge in [-0.3, -0.25) is 0 Å². The molecule has 0 unspecified atom stereocenters. The Bertz CT molecular complexity index is 389. The third-order valence-electron chi connectivity index (χ3n) is 3.18. The molecule has 0 spiro atoms. The molecule has 3 nitrogen and oxygen atoms in total. The van der Waals surface area contributed by atoms with Gasteiger partial charge in [-0.25, -0.2) is 4.39 Å². The number of halogens is 1. The zero-order chi connectivity index (χ0) is 12.3. The molecular weight excluding hydrogens is 219 g/mol. The molecule has 1 aliphatic rings. The molecule has 0 atom stereocenters. The molecule has 0 amide bonds. The zero-order valence-electron chi connectivity index (χ0n) is 10.2. The molecule has 2 rings (SSSR count). The minimum absolute atomic E-state index is 0.236. The van der Waals surface area contributed by atoms with E-state index >= 15 is 0 Å². The SMILES string of the molecule is Cc1cc(O)c(F)c(CCN2CCNCC2)c1. The Morgan fingerprint density at radius 3 is 2.76 bits per heavy atom. The minimum Gasteiger partial charge on any atom is -0.505 e. The van der Waals surface area contributed by atoms with Crippen molar-refractivity contribution >= 4 is 0 Å². The van der Waals surface area contributed by atoms with Crippen LogP contribution in [0.4, 0.5) is 4.39 Å². The van der Waals surface area contributed by atoms with E-state index in [1.807, 2.05) is 13.0 Å². The largest absolute Gasteiger partial charge is 0.505 e. The highest BCUT2D eigenvalue weighted by atomic mass is 19.1. The second-order valence-electron chi connectivity index (χ2n) is 4.60. The molecule has 1 heterocycles. The average molecular weight is 238 g/mol. The van der Waals surface area contributed by atoms with Gasteiger partial charge in [-0.05, 0) is 30.5 Å². The van der Waals surface area contributed by atoms with Crippen LogP contribution in [-0.4, -0.2) is 42.7 Å². The number of hydrogen-bond donors (Lipinski definition) is 2. The van der Waals surface area contributed by atoms with E-state index < -0.39 is 5.82 Å². The first-order valence-corrected chi connectivity index (χ1v) is 6.08. The van der Waals surface area contributed by atoms with Gasteiger partial charge < -0.3 is 15.3 Å². The van der Waals surface area contributed by atoms with Crippen LogP contribution in [0.25, 0.3) is 0 Å². The molecule has 1 aromatic rings. The van der Waals surface area contributed by atoms with Crippen LogP contribution in [0.2, 0.25) is 0 Å². The Morgan fingerprint density at radius 2 is 2.06 bits per heavy atom. The van der Waals surface area contributed by atoms with Gasteiger partial charge in [0.2, 0.25) is 0 Å². The maximum absolute atomic E-state index is 13.7. The fourth-order valence-electron chi connectivity index (χ4n) is 2.22. The van der Waals surface area contributed by atoms with Gasteiger partial charge in [0.1, 0.15) is 0 Å². The lowest BCUT2D eigenvalue weighted by atomic mass is 10.1. The van der Waals surface area contributed by atoms with Crippen molar-refractivity contribution in [1.82, 2.24) is 10.2 Å². The Morgan fingerprint density at radius 1 is 1.35 bits per heavy atom. The number of aryl methyl sites for hydroxylation is 1. The zero-order valence-corrected chi connectivity index (χ0v) is 10.2. The second kappa shape index (κ2) is 5.47. The summed E-state index contributed by atoms with van der Waals surface area (Å²) in [6.45, 7) is 6.75. The van der Waals surface area contributed by atoms with Gasteiger partial charge in [-0.2, -0.15) is 0 Å². The van der Waals surface area contributed by atoms with Crippen molar-refractivity contribution in [3.8, 4) is 5.75 Å². The number of rotatable bonds is 3. The van der Waals surface area contributed by atoms with Gasteiger partial charge in [0.25, 0.3) is 0 Å². The van der Waals surface area contributed by atoms with Crippen LogP contribution in [0.15, 0.2) is 12.1 Å². The van der Waals surface area contributed by atoms with Gasteiger partial charge in [-0.1, -0.05) is 6.07 Å². The standard InChI is InChI=1S/C13H19FN2O/c1-10-8-11(13(14)12(17)9-10)2-5-16-6-3-15-4-7-16/h8-9,15,17H,2-7H2,1H3. The summed E-state index contributed by atoms with van der Waals surface area (Å²) < 4.78 is 13.7. The number of benzene rings is 1. The lowest BCUT2D eigenvalue weighted by Gasteiger charge is -2.27. The molecule has 0 aliphatic carbocycles. The van der Waals surface area contributed by atoms with Crippen molar-refractivity contribution in [2.75, 3.05) is 32.7 Å². The van der Waals surface area contributed by atoms with Crippen LogP contribution >= 0.6 is 0 Å². The molecule has 1 saturated heterocycles. The van der Waals surface area contributed by atoms with Crippen LogP contribution in [0.1, 0.15) is 11.1 Å². The summed E-state index contributed by atoms with van der Waals surface area (Å²) in [5.41, 5.74) is 1.51. The molecule has 0 radical (unpaired) electrons. The first-order valence-electron chi connectivity index (χ1n) is 6.08. The van der Waals surface area contributed by atoms with E-state index in [9.17, 15) is 9.50 Å². The number of nitrogens with one attached hydrogen (secondary N) is 1. The fourth-order valence-corrected chi connectivity index (χ4v) is 2.22. The molecule has 17 heavy (non-hydrogen) atoms. The van der Waals surface area contributed by atoms with E-state index in [1.165, 1.54) is 6.07 Å². The smallest absolute Gasteiger partial charge is 0.168 e. The van der Waals surface area contributed by atoms with Crippen molar-refractivity contribution < 1.29 is 9.50 Å². The van der Waals surface area contributed by atoms with Crippen molar-refractivity contribution in [3.63, 3.8) is 0 Å². The number of aromatic hydroxyl groups is 1. The summed E-state index contributed by atoms with van der Waals surface area (Å²) in [7, 11) is 0.